The number of nitrogens with one attached hydrogen (secondary N) is 2. The fourth-order valence-corrected chi connectivity index (χ4v) is 3.52. The molecule has 6 nitrogen and oxygen atoms in total. The molecule has 6 heteroatoms. The molecule has 1 unspecified atom stereocenters. The van der Waals surface area contributed by atoms with E-state index in [2.05, 4.69) is 18.4 Å². The molecular weight excluding hydrogens is 388 g/mol. The van der Waals surface area contributed by atoms with Gasteiger partial charge >= 0.3 is 0 Å². The van der Waals surface area contributed by atoms with Crippen LogP contribution in [-0.4, -0.2) is 41.4 Å². The summed E-state index contributed by atoms with van der Waals surface area (Å²) in [5.74, 6) is 0.873. The first kappa shape index (κ1) is 22.6. The number of quaternary nitrogens is 1. The minimum absolute atomic E-state index is 0.0609. The molecule has 0 aliphatic rings. The van der Waals surface area contributed by atoms with Gasteiger partial charge in [0.15, 0.2) is 6.54 Å². The Balaban J connectivity index is 1.91. The highest BCUT2D eigenvalue weighted by atomic mass is 16.5. The van der Waals surface area contributed by atoms with Gasteiger partial charge in [0.25, 0.3) is 5.91 Å². The van der Waals surface area contributed by atoms with E-state index in [1.165, 1.54) is 4.90 Å². The fourth-order valence-electron chi connectivity index (χ4n) is 3.52. The summed E-state index contributed by atoms with van der Waals surface area (Å²) in [4.78, 5) is 13.7. The molecule has 3 rings (SSSR count). The fraction of sp³-hybridized carbons (Fsp3) is 0.360. The third kappa shape index (κ3) is 6.18. The van der Waals surface area contributed by atoms with Crippen LogP contribution < -0.4 is 15.0 Å². The molecule has 0 aliphatic carbocycles. The zero-order chi connectivity index (χ0) is 22.4. The standard InChI is InChI=1S/C25H32N4O2/c1-6-28(18-23(30)26-25(2,3)4)16-20-17-29(21-10-8-7-9-11-21)27-24(20)19-12-14-22(31-5)15-13-19/h7-15,17H,6,16,18H2,1-5H3,(H,26,30)/p+1. The van der Waals surface area contributed by atoms with Crippen LogP contribution in [-0.2, 0) is 11.3 Å². The van der Waals surface area contributed by atoms with E-state index in [4.69, 9.17) is 9.84 Å². The number of ether oxygens (including phenoxy) is 1. The van der Waals surface area contributed by atoms with Crippen molar-refractivity contribution < 1.29 is 14.4 Å². The topological polar surface area (TPSA) is 60.6 Å². The second-order valence-corrected chi connectivity index (χ2v) is 8.77. The number of hydrogen-bond donors (Lipinski definition) is 2. The summed E-state index contributed by atoms with van der Waals surface area (Å²) in [5, 5.41) is 7.96. The molecule has 164 valence electrons. The van der Waals surface area contributed by atoms with Gasteiger partial charge in [-0.15, -0.1) is 0 Å². The molecule has 1 amide bonds. The maximum atomic E-state index is 12.5. The van der Waals surface area contributed by atoms with Crippen LogP contribution in [0.15, 0.2) is 60.8 Å². The predicted molar refractivity (Wildman–Crippen MR) is 124 cm³/mol. The lowest BCUT2D eigenvalue weighted by atomic mass is 10.1. The van der Waals surface area contributed by atoms with E-state index in [0.29, 0.717) is 13.1 Å². The monoisotopic (exact) mass is 421 g/mol. The molecule has 0 fully saturated rings. The van der Waals surface area contributed by atoms with Crippen LogP contribution >= 0.6 is 0 Å². The Kier molecular flexibility index (Phi) is 7.13. The Morgan fingerprint density at radius 3 is 2.35 bits per heavy atom. The molecule has 3 aromatic rings. The van der Waals surface area contributed by atoms with Gasteiger partial charge in [-0.1, -0.05) is 18.2 Å². The van der Waals surface area contributed by atoms with Crippen LogP contribution in [0.5, 0.6) is 5.75 Å². The molecule has 0 radical (unpaired) electrons. The molecule has 31 heavy (non-hydrogen) atoms. The second kappa shape index (κ2) is 9.79. The number of para-hydroxylation sites is 1. The highest BCUT2D eigenvalue weighted by Gasteiger charge is 2.21. The minimum atomic E-state index is -0.234. The Hall–Kier alpha value is -3.12. The average molecular weight is 422 g/mol. The van der Waals surface area contributed by atoms with Gasteiger partial charge in [0.2, 0.25) is 0 Å². The summed E-state index contributed by atoms with van der Waals surface area (Å²) in [5.41, 5.74) is 3.83. The van der Waals surface area contributed by atoms with Crippen LogP contribution in [0.4, 0.5) is 0 Å². The van der Waals surface area contributed by atoms with Crippen molar-refractivity contribution >= 4 is 5.91 Å². The van der Waals surface area contributed by atoms with Gasteiger partial charge in [-0.2, -0.15) is 5.10 Å². The van der Waals surface area contributed by atoms with Gasteiger partial charge in [-0.25, -0.2) is 4.68 Å². The van der Waals surface area contributed by atoms with Crippen molar-refractivity contribution in [1.82, 2.24) is 15.1 Å². The van der Waals surface area contributed by atoms with Crippen LogP contribution in [0.25, 0.3) is 16.9 Å². The summed E-state index contributed by atoms with van der Waals surface area (Å²) in [6, 6.07) is 18.0. The lowest BCUT2D eigenvalue weighted by Crippen LogP contribution is -3.11. The molecule has 2 N–H and O–H groups in total. The number of carbonyl (C=O) groups is 1. The molecule has 1 heterocycles. The van der Waals surface area contributed by atoms with Crippen LogP contribution in [0.2, 0.25) is 0 Å². The Labute approximate surface area is 184 Å². The van der Waals surface area contributed by atoms with Crippen LogP contribution in [0, 0.1) is 0 Å². The van der Waals surface area contributed by atoms with Crippen molar-refractivity contribution in [3.05, 3.63) is 66.4 Å². The number of amides is 1. The van der Waals surface area contributed by atoms with Gasteiger partial charge < -0.3 is 15.0 Å². The first-order valence-corrected chi connectivity index (χ1v) is 10.7. The molecule has 1 atom stereocenters. The second-order valence-electron chi connectivity index (χ2n) is 8.77. The van der Waals surface area contributed by atoms with E-state index in [9.17, 15) is 4.79 Å². The number of rotatable bonds is 8. The van der Waals surface area contributed by atoms with E-state index in [1.807, 2.05) is 80.1 Å². The third-order valence-corrected chi connectivity index (χ3v) is 5.04. The number of benzene rings is 2. The zero-order valence-electron chi connectivity index (χ0n) is 19.1. The minimum Gasteiger partial charge on any atom is -0.497 e. The van der Waals surface area contributed by atoms with Gasteiger partial charge in [0.1, 0.15) is 18.0 Å². The molecule has 0 bridgehead atoms. The van der Waals surface area contributed by atoms with Crippen molar-refractivity contribution in [1.29, 1.82) is 0 Å². The maximum absolute atomic E-state index is 12.5. The van der Waals surface area contributed by atoms with Crippen molar-refractivity contribution in [3.8, 4) is 22.7 Å². The molecule has 0 saturated carbocycles. The molecular formula is C25H33N4O2+. The summed E-state index contributed by atoms with van der Waals surface area (Å²) in [7, 11) is 1.66. The number of carbonyl (C=O) groups excluding carboxylic acids is 1. The maximum Gasteiger partial charge on any atom is 0.275 e. The van der Waals surface area contributed by atoms with Gasteiger partial charge in [0, 0.05) is 17.3 Å². The summed E-state index contributed by atoms with van der Waals surface area (Å²) in [6.07, 6.45) is 2.08. The number of aromatic nitrogens is 2. The highest BCUT2D eigenvalue weighted by Crippen LogP contribution is 2.25. The number of nitrogens with zero attached hydrogens (tertiary/aromatic N) is 2. The molecule has 0 spiro atoms. The molecule has 1 aromatic heterocycles. The van der Waals surface area contributed by atoms with E-state index in [-0.39, 0.29) is 11.4 Å². The number of hydrogen-bond acceptors (Lipinski definition) is 3. The zero-order valence-corrected chi connectivity index (χ0v) is 19.1. The van der Waals surface area contributed by atoms with Gasteiger partial charge in [-0.05, 0) is 64.1 Å². The van der Waals surface area contributed by atoms with Crippen molar-refractivity contribution in [2.75, 3.05) is 20.2 Å². The van der Waals surface area contributed by atoms with E-state index >= 15 is 0 Å². The highest BCUT2D eigenvalue weighted by molar-refractivity contribution is 5.77. The average Bonchev–Trinajstić information content (AvgIpc) is 3.16. The van der Waals surface area contributed by atoms with Crippen molar-refractivity contribution in [3.63, 3.8) is 0 Å². The van der Waals surface area contributed by atoms with Gasteiger partial charge in [0.05, 0.1) is 24.9 Å². The van der Waals surface area contributed by atoms with Crippen molar-refractivity contribution in [2.45, 2.75) is 39.8 Å². The summed E-state index contributed by atoms with van der Waals surface area (Å²) < 4.78 is 7.22. The predicted octanol–water partition coefficient (Wildman–Crippen LogP) is 2.87. The lowest BCUT2D eigenvalue weighted by Gasteiger charge is -2.23. The Morgan fingerprint density at radius 2 is 1.77 bits per heavy atom. The first-order valence-electron chi connectivity index (χ1n) is 10.7. The van der Waals surface area contributed by atoms with Crippen molar-refractivity contribution in [2.24, 2.45) is 0 Å². The lowest BCUT2D eigenvalue weighted by molar-refractivity contribution is -0.904. The number of methoxy groups -OCH3 is 1. The van der Waals surface area contributed by atoms with Gasteiger partial charge in [-0.3, -0.25) is 4.79 Å². The SMILES string of the molecule is CC[NH+](CC(=O)NC(C)(C)C)Cc1cn(-c2ccccc2)nc1-c1ccc(OC)cc1. The summed E-state index contributed by atoms with van der Waals surface area (Å²) >= 11 is 0. The van der Waals surface area contributed by atoms with E-state index < -0.39 is 0 Å². The molecule has 2 aromatic carbocycles. The quantitative estimate of drug-likeness (QED) is 0.588. The van der Waals surface area contributed by atoms with E-state index in [0.717, 1.165) is 34.8 Å². The normalized spacial score (nSPS) is 12.4. The Morgan fingerprint density at radius 1 is 1.10 bits per heavy atom. The summed E-state index contributed by atoms with van der Waals surface area (Å²) in [6.45, 7) is 10.1. The number of likely N-dealkylation sites (N-methyl/N-ethyl adjacent to an activating group) is 1. The smallest absolute Gasteiger partial charge is 0.275 e. The third-order valence-electron chi connectivity index (χ3n) is 5.04. The molecule has 0 aliphatic heterocycles. The Bertz CT molecular complexity index is 989. The van der Waals surface area contributed by atoms with Crippen LogP contribution in [0.3, 0.4) is 0 Å². The first-order chi connectivity index (χ1) is 14.8. The van der Waals surface area contributed by atoms with Crippen LogP contribution in [0.1, 0.15) is 33.3 Å². The molecule has 0 saturated heterocycles. The van der Waals surface area contributed by atoms with E-state index in [1.54, 1.807) is 7.11 Å². The largest absolute Gasteiger partial charge is 0.497 e.